The van der Waals surface area contributed by atoms with Crippen molar-refractivity contribution in [3.8, 4) is 0 Å². The molecule has 2 rings (SSSR count). The Hall–Kier alpha value is -1.33. The zero-order valence-corrected chi connectivity index (χ0v) is 12.3. The maximum atomic E-state index is 12.1. The summed E-state index contributed by atoms with van der Waals surface area (Å²) >= 11 is 7.35. The fourth-order valence-corrected chi connectivity index (χ4v) is 2.66. The van der Waals surface area contributed by atoms with Crippen LogP contribution in [0.25, 0.3) is 0 Å². The van der Waals surface area contributed by atoms with Gasteiger partial charge < -0.3 is 0 Å². The van der Waals surface area contributed by atoms with Crippen molar-refractivity contribution in [1.82, 2.24) is 14.8 Å². The number of halogens is 1. The first-order valence-corrected chi connectivity index (χ1v) is 7.25. The van der Waals surface area contributed by atoms with Crippen LogP contribution in [-0.4, -0.2) is 26.3 Å². The normalized spacial score (nSPS) is 10.9. The van der Waals surface area contributed by atoms with E-state index in [1.165, 1.54) is 18.1 Å². The molecule has 1 aromatic carbocycles. The third kappa shape index (κ3) is 3.58. The van der Waals surface area contributed by atoms with Crippen LogP contribution in [-0.2, 0) is 0 Å². The summed E-state index contributed by atoms with van der Waals surface area (Å²) < 4.78 is 1.64. The second-order valence-electron chi connectivity index (χ2n) is 4.29. The maximum absolute atomic E-state index is 12.1. The second kappa shape index (κ2) is 6.21. The average molecular weight is 296 g/mol. The molecule has 0 saturated carbocycles. The van der Waals surface area contributed by atoms with Crippen LogP contribution in [0.3, 0.4) is 0 Å². The lowest BCUT2D eigenvalue weighted by Gasteiger charge is -2.08. The molecule has 0 saturated heterocycles. The number of nitrogens with zero attached hydrogens (tertiary/aromatic N) is 3. The lowest BCUT2D eigenvalue weighted by Crippen LogP contribution is -2.15. The highest BCUT2D eigenvalue weighted by molar-refractivity contribution is 8.00. The van der Waals surface area contributed by atoms with E-state index in [-0.39, 0.29) is 11.8 Å². The molecule has 1 heterocycles. The average Bonchev–Trinajstić information content (AvgIpc) is 2.85. The highest BCUT2D eigenvalue weighted by Gasteiger charge is 2.16. The molecule has 0 aliphatic rings. The lowest BCUT2D eigenvalue weighted by molar-refractivity contribution is 0.100. The van der Waals surface area contributed by atoms with Gasteiger partial charge in [-0.25, -0.2) is 9.67 Å². The van der Waals surface area contributed by atoms with Crippen LogP contribution in [0.15, 0.2) is 35.5 Å². The van der Waals surface area contributed by atoms with Crippen molar-refractivity contribution in [2.24, 2.45) is 0 Å². The Labute approximate surface area is 121 Å². The minimum Gasteiger partial charge on any atom is -0.290 e. The van der Waals surface area contributed by atoms with Crippen LogP contribution in [0, 0.1) is 0 Å². The van der Waals surface area contributed by atoms with Gasteiger partial charge in [-0.3, -0.25) is 4.79 Å². The number of thioether (sulfide) groups is 1. The second-order valence-corrected chi connectivity index (χ2v) is 5.78. The van der Waals surface area contributed by atoms with Gasteiger partial charge in [0.1, 0.15) is 6.33 Å². The quantitative estimate of drug-likeness (QED) is 0.626. The Morgan fingerprint density at radius 2 is 2.26 bits per heavy atom. The van der Waals surface area contributed by atoms with Gasteiger partial charge in [0, 0.05) is 16.0 Å². The van der Waals surface area contributed by atoms with Gasteiger partial charge in [-0.1, -0.05) is 17.7 Å². The minimum absolute atomic E-state index is 0.0313. The Morgan fingerprint density at radius 3 is 2.95 bits per heavy atom. The number of Topliss-reactive ketones (excluding diaryl/α,β-unsaturated/α-hetero) is 1. The Balaban J connectivity index is 2.03. The van der Waals surface area contributed by atoms with Gasteiger partial charge in [0.2, 0.25) is 5.78 Å². The van der Waals surface area contributed by atoms with Gasteiger partial charge in [-0.15, -0.1) is 11.8 Å². The summed E-state index contributed by atoms with van der Waals surface area (Å²) in [5.41, 5.74) is 0. The minimum atomic E-state index is -0.0313. The van der Waals surface area contributed by atoms with Crippen molar-refractivity contribution in [1.29, 1.82) is 0 Å². The van der Waals surface area contributed by atoms with Crippen LogP contribution >= 0.6 is 23.4 Å². The van der Waals surface area contributed by atoms with Crippen LogP contribution in [0.1, 0.15) is 30.5 Å². The van der Waals surface area contributed by atoms with E-state index < -0.39 is 0 Å². The predicted molar refractivity (Wildman–Crippen MR) is 76.9 cm³/mol. The van der Waals surface area contributed by atoms with Crippen molar-refractivity contribution in [3.63, 3.8) is 0 Å². The molecule has 1 aromatic heterocycles. The van der Waals surface area contributed by atoms with Crippen molar-refractivity contribution in [2.45, 2.75) is 24.8 Å². The molecule has 0 fully saturated rings. The summed E-state index contributed by atoms with van der Waals surface area (Å²) in [7, 11) is 0. The molecule has 100 valence electrons. The van der Waals surface area contributed by atoms with Crippen molar-refractivity contribution in [2.75, 3.05) is 5.75 Å². The summed E-state index contributed by atoms with van der Waals surface area (Å²) in [5, 5.41) is 4.73. The fourth-order valence-electron chi connectivity index (χ4n) is 1.60. The molecule has 0 radical (unpaired) electrons. The van der Waals surface area contributed by atoms with E-state index in [2.05, 4.69) is 10.1 Å². The Kier molecular flexibility index (Phi) is 4.61. The SMILES string of the molecule is CC(C)n1ncnc1C(=O)CSc1cccc(Cl)c1. The van der Waals surface area contributed by atoms with Crippen LogP contribution < -0.4 is 0 Å². The molecular formula is C13H14ClN3OS. The molecule has 19 heavy (non-hydrogen) atoms. The van der Waals surface area contributed by atoms with E-state index in [0.29, 0.717) is 16.6 Å². The number of carbonyl (C=O) groups excluding carboxylic acids is 1. The lowest BCUT2D eigenvalue weighted by atomic mass is 10.3. The summed E-state index contributed by atoms with van der Waals surface area (Å²) in [6, 6.07) is 7.57. The largest absolute Gasteiger partial charge is 0.290 e. The molecule has 0 bridgehead atoms. The molecule has 0 spiro atoms. The third-order valence-corrected chi connectivity index (χ3v) is 3.71. The zero-order valence-electron chi connectivity index (χ0n) is 10.7. The van der Waals surface area contributed by atoms with E-state index in [1.54, 1.807) is 4.68 Å². The van der Waals surface area contributed by atoms with Gasteiger partial charge in [-0.05, 0) is 32.0 Å². The van der Waals surface area contributed by atoms with Crippen LogP contribution in [0.5, 0.6) is 0 Å². The van der Waals surface area contributed by atoms with Crippen LogP contribution in [0.4, 0.5) is 0 Å². The summed E-state index contributed by atoms with van der Waals surface area (Å²) in [4.78, 5) is 17.1. The molecule has 0 atom stereocenters. The zero-order chi connectivity index (χ0) is 13.8. The van der Waals surface area contributed by atoms with Crippen molar-refractivity contribution < 1.29 is 4.79 Å². The first-order chi connectivity index (χ1) is 9.08. The highest BCUT2D eigenvalue weighted by Crippen LogP contribution is 2.22. The van der Waals surface area contributed by atoms with E-state index in [1.807, 2.05) is 38.1 Å². The van der Waals surface area contributed by atoms with E-state index in [9.17, 15) is 4.79 Å². The van der Waals surface area contributed by atoms with Crippen molar-refractivity contribution in [3.05, 3.63) is 41.4 Å². The first kappa shape index (κ1) is 14.1. The first-order valence-electron chi connectivity index (χ1n) is 5.89. The summed E-state index contributed by atoms with van der Waals surface area (Å²) in [6.07, 6.45) is 1.41. The molecule has 0 amide bonds. The van der Waals surface area contributed by atoms with Gasteiger partial charge in [0.15, 0.2) is 5.82 Å². The topological polar surface area (TPSA) is 47.8 Å². The number of hydrogen-bond acceptors (Lipinski definition) is 4. The molecule has 0 unspecified atom stereocenters. The summed E-state index contributed by atoms with van der Waals surface area (Å²) in [5.74, 6) is 0.701. The molecule has 0 aliphatic carbocycles. The molecule has 0 N–H and O–H groups in total. The number of aromatic nitrogens is 3. The van der Waals surface area contributed by atoms with Gasteiger partial charge in [-0.2, -0.15) is 5.10 Å². The van der Waals surface area contributed by atoms with Gasteiger partial charge in [0.25, 0.3) is 0 Å². The fraction of sp³-hybridized carbons (Fsp3) is 0.308. The maximum Gasteiger partial charge on any atom is 0.209 e. The molecule has 2 aromatic rings. The predicted octanol–water partition coefficient (Wildman–Crippen LogP) is 3.49. The van der Waals surface area contributed by atoms with Crippen LogP contribution in [0.2, 0.25) is 5.02 Å². The van der Waals surface area contributed by atoms with Gasteiger partial charge in [0.05, 0.1) is 5.75 Å². The number of hydrogen-bond donors (Lipinski definition) is 0. The third-order valence-electron chi connectivity index (χ3n) is 2.48. The van der Waals surface area contributed by atoms with E-state index >= 15 is 0 Å². The standard InChI is InChI=1S/C13H14ClN3OS/c1-9(2)17-13(15-8-16-17)12(18)7-19-11-5-3-4-10(14)6-11/h3-6,8-9H,7H2,1-2H3. The van der Waals surface area contributed by atoms with E-state index in [4.69, 9.17) is 11.6 Å². The number of rotatable bonds is 5. The smallest absolute Gasteiger partial charge is 0.209 e. The summed E-state index contributed by atoms with van der Waals surface area (Å²) in [6.45, 7) is 3.94. The van der Waals surface area contributed by atoms with Gasteiger partial charge >= 0.3 is 0 Å². The van der Waals surface area contributed by atoms with Crippen molar-refractivity contribution >= 4 is 29.1 Å². The number of carbonyl (C=O) groups is 1. The molecular weight excluding hydrogens is 282 g/mol. The highest BCUT2D eigenvalue weighted by atomic mass is 35.5. The Bertz CT molecular complexity index is 583. The number of benzene rings is 1. The van der Waals surface area contributed by atoms with E-state index in [0.717, 1.165) is 4.90 Å². The molecule has 4 nitrogen and oxygen atoms in total. The molecule has 6 heteroatoms. The monoisotopic (exact) mass is 295 g/mol. The number of ketones is 1. The molecule has 0 aliphatic heterocycles. The Morgan fingerprint density at radius 1 is 1.47 bits per heavy atom.